The van der Waals surface area contributed by atoms with E-state index in [4.69, 9.17) is 9.05 Å². The minimum absolute atomic E-state index is 0.455. The van der Waals surface area contributed by atoms with Crippen LogP contribution in [0.5, 0.6) is 0 Å². The van der Waals surface area contributed by atoms with Crippen LogP contribution in [0, 0.1) is 5.92 Å². The van der Waals surface area contributed by atoms with Gasteiger partial charge in [0.05, 0.1) is 19.4 Å². The topological polar surface area (TPSA) is 35.5 Å². The van der Waals surface area contributed by atoms with Gasteiger partial charge in [-0.1, -0.05) is 30.3 Å². The Morgan fingerprint density at radius 3 is 2.10 bits per heavy atom. The first-order chi connectivity index (χ1) is 10.2. The summed E-state index contributed by atoms with van der Waals surface area (Å²) in [6.07, 6.45) is 5.16. The monoisotopic (exact) mass is 310 g/mol. The maximum Gasteiger partial charge on any atom is 0.330 e. The molecule has 0 atom stereocenters. The van der Waals surface area contributed by atoms with Crippen molar-refractivity contribution in [2.24, 2.45) is 5.92 Å². The van der Waals surface area contributed by atoms with Crippen LogP contribution >= 0.6 is 7.60 Å². The second-order valence-electron chi connectivity index (χ2n) is 5.76. The predicted molar refractivity (Wildman–Crippen MR) is 86.9 cm³/mol. The smallest absolute Gasteiger partial charge is 0.309 e. The minimum Gasteiger partial charge on any atom is -0.309 e. The lowest BCUT2D eigenvalue weighted by Gasteiger charge is -2.30. The van der Waals surface area contributed by atoms with Crippen LogP contribution in [0.25, 0.3) is 0 Å². The molecule has 0 N–H and O–H groups in total. The zero-order valence-corrected chi connectivity index (χ0v) is 14.1. The minimum atomic E-state index is -2.88. The van der Waals surface area contributed by atoms with E-state index in [0.29, 0.717) is 31.2 Å². The van der Waals surface area contributed by atoms with Gasteiger partial charge in [0, 0.05) is 0 Å². The van der Waals surface area contributed by atoms with Crippen molar-refractivity contribution in [1.29, 1.82) is 0 Å². The van der Waals surface area contributed by atoms with Crippen LogP contribution in [0.1, 0.15) is 51.0 Å². The van der Waals surface area contributed by atoms with Gasteiger partial charge < -0.3 is 9.05 Å². The zero-order chi connectivity index (χ0) is 15.1. The lowest BCUT2D eigenvalue weighted by molar-refractivity contribution is 0.210. The van der Waals surface area contributed by atoms with Crippen molar-refractivity contribution in [2.45, 2.75) is 45.4 Å². The molecule has 1 aromatic rings. The molecule has 1 fully saturated rings. The summed E-state index contributed by atoms with van der Waals surface area (Å²) in [4.78, 5) is 0. The van der Waals surface area contributed by atoms with Crippen LogP contribution in [0.15, 0.2) is 30.3 Å². The molecule has 0 bridgehead atoms. The maximum absolute atomic E-state index is 12.6. The van der Waals surface area contributed by atoms with Gasteiger partial charge in [-0.3, -0.25) is 4.57 Å². The molecule has 0 saturated heterocycles. The molecule has 0 radical (unpaired) electrons. The summed E-state index contributed by atoms with van der Waals surface area (Å²) in [5.41, 5.74) is 1.44. The van der Waals surface area contributed by atoms with Crippen molar-refractivity contribution in [3.05, 3.63) is 35.9 Å². The predicted octanol–water partition coefficient (Wildman–Crippen LogP) is 5.23. The van der Waals surface area contributed by atoms with E-state index < -0.39 is 7.60 Å². The lowest BCUT2D eigenvalue weighted by atomic mass is 9.79. The molecule has 4 heteroatoms. The van der Waals surface area contributed by atoms with Crippen molar-refractivity contribution in [3.8, 4) is 0 Å². The molecule has 0 aliphatic heterocycles. The Kier molecular flexibility index (Phi) is 6.47. The van der Waals surface area contributed by atoms with Crippen LogP contribution in [0.4, 0.5) is 0 Å². The molecular formula is C17H27O3P. The molecule has 0 aromatic heterocycles. The van der Waals surface area contributed by atoms with Crippen molar-refractivity contribution < 1.29 is 13.6 Å². The van der Waals surface area contributed by atoms with Crippen LogP contribution in [-0.2, 0) is 13.6 Å². The summed E-state index contributed by atoms with van der Waals surface area (Å²) in [6.45, 7) is 4.66. The number of benzene rings is 1. The van der Waals surface area contributed by atoms with E-state index in [2.05, 4.69) is 30.3 Å². The highest BCUT2D eigenvalue weighted by molar-refractivity contribution is 7.53. The molecule has 21 heavy (non-hydrogen) atoms. The van der Waals surface area contributed by atoms with E-state index >= 15 is 0 Å². The van der Waals surface area contributed by atoms with Crippen LogP contribution in [0.3, 0.4) is 0 Å². The first-order valence-corrected chi connectivity index (χ1v) is 9.82. The van der Waals surface area contributed by atoms with Crippen LogP contribution in [0.2, 0.25) is 0 Å². The molecule has 1 aliphatic carbocycles. The second kappa shape index (κ2) is 8.12. The fourth-order valence-electron chi connectivity index (χ4n) is 3.26. The molecule has 1 saturated carbocycles. The van der Waals surface area contributed by atoms with Gasteiger partial charge in [0.25, 0.3) is 0 Å². The molecule has 1 aliphatic rings. The highest BCUT2D eigenvalue weighted by atomic mass is 31.2. The van der Waals surface area contributed by atoms with Crippen molar-refractivity contribution in [2.75, 3.05) is 19.4 Å². The third kappa shape index (κ3) is 4.95. The molecule has 2 rings (SSSR count). The molecular weight excluding hydrogens is 283 g/mol. The Balaban J connectivity index is 1.87. The summed E-state index contributed by atoms with van der Waals surface area (Å²) >= 11 is 0. The summed E-state index contributed by atoms with van der Waals surface area (Å²) in [5, 5.41) is 0. The Morgan fingerprint density at radius 2 is 1.57 bits per heavy atom. The number of rotatable bonds is 7. The van der Waals surface area contributed by atoms with Crippen molar-refractivity contribution in [1.82, 2.24) is 0 Å². The summed E-state index contributed by atoms with van der Waals surface area (Å²) in [5.74, 6) is 1.12. The van der Waals surface area contributed by atoms with E-state index in [1.165, 1.54) is 18.4 Å². The van der Waals surface area contributed by atoms with Gasteiger partial charge in [-0.05, 0) is 56.9 Å². The van der Waals surface area contributed by atoms with E-state index in [1.807, 2.05) is 13.8 Å². The average molecular weight is 310 g/mol. The normalized spacial score (nSPS) is 23.1. The molecule has 0 unspecified atom stereocenters. The fourth-order valence-corrected chi connectivity index (χ4v) is 5.33. The van der Waals surface area contributed by atoms with Gasteiger partial charge in [0.1, 0.15) is 0 Å². The highest BCUT2D eigenvalue weighted by Crippen LogP contribution is 2.52. The fraction of sp³-hybridized carbons (Fsp3) is 0.647. The molecule has 0 amide bonds. The first kappa shape index (κ1) is 16.7. The second-order valence-corrected chi connectivity index (χ2v) is 7.86. The molecule has 0 spiro atoms. The lowest BCUT2D eigenvalue weighted by Crippen LogP contribution is -2.18. The van der Waals surface area contributed by atoms with Crippen LogP contribution < -0.4 is 0 Å². The summed E-state index contributed by atoms with van der Waals surface area (Å²) < 4.78 is 23.4. The van der Waals surface area contributed by atoms with Gasteiger partial charge in [-0.2, -0.15) is 0 Å². The average Bonchev–Trinajstić information content (AvgIpc) is 2.49. The maximum atomic E-state index is 12.6. The van der Waals surface area contributed by atoms with Gasteiger partial charge in [-0.15, -0.1) is 0 Å². The largest absolute Gasteiger partial charge is 0.330 e. The molecule has 118 valence electrons. The Hall–Kier alpha value is -0.630. The van der Waals surface area contributed by atoms with E-state index in [9.17, 15) is 4.57 Å². The van der Waals surface area contributed by atoms with Crippen molar-refractivity contribution in [3.63, 3.8) is 0 Å². The summed E-state index contributed by atoms with van der Waals surface area (Å²) in [6, 6.07) is 10.7. The first-order valence-electron chi connectivity index (χ1n) is 8.10. The quantitative estimate of drug-likeness (QED) is 0.647. The SMILES string of the molecule is CCOP(=O)(CC1CCC(c2ccccc2)CC1)OCC. The number of hydrogen-bond donors (Lipinski definition) is 0. The van der Waals surface area contributed by atoms with Gasteiger partial charge in [0.15, 0.2) is 0 Å². The van der Waals surface area contributed by atoms with E-state index in [0.717, 1.165) is 12.8 Å². The van der Waals surface area contributed by atoms with Crippen molar-refractivity contribution >= 4 is 7.60 Å². The molecule has 3 nitrogen and oxygen atoms in total. The van der Waals surface area contributed by atoms with E-state index in [1.54, 1.807) is 0 Å². The third-order valence-corrected chi connectivity index (χ3v) is 6.52. The Labute approximate surface area is 128 Å². The standard InChI is InChI=1S/C17H27O3P/c1-3-19-21(18,20-4-2)14-15-10-12-17(13-11-15)16-8-6-5-7-9-16/h5-9,15,17H,3-4,10-14H2,1-2H3. The van der Waals surface area contributed by atoms with Gasteiger partial charge >= 0.3 is 7.60 Å². The van der Waals surface area contributed by atoms with E-state index in [-0.39, 0.29) is 0 Å². The van der Waals surface area contributed by atoms with Gasteiger partial charge in [-0.25, -0.2) is 0 Å². The number of hydrogen-bond acceptors (Lipinski definition) is 3. The van der Waals surface area contributed by atoms with Crippen LogP contribution in [-0.4, -0.2) is 19.4 Å². The summed E-state index contributed by atoms with van der Waals surface area (Å²) in [7, 11) is -2.88. The highest BCUT2D eigenvalue weighted by Gasteiger charge is 2.31. The molecule has 0 heterocycles. The zero-order valence-electron chi connectivity index (χ0n) is 13.2. The third-order valence-electron chi connectivity index (χ3n) is 4.25. The Bertz CT molecular complexity index is 442. The Morgan fingerprint density at radius 1 is 1.00 bits per heavy atom. The van der Waals surface area contributed by atoms with Gasteiger partial charge in [0.2, 0.25) is 0 Å². The molecule has 1 aromatic carbocycles.